The quantitative estimate of drug-likeness (QED) is 0.857. The molecule has 8 heteroatoms. The minimum absolute atomic E-state index is 0.132. The largest absolute Gasteiger partial charge is 0.493 e. The molecule has 1 amide bonds. The third-order valence-electron chi connectivity index (χ3n) is 5.00. The molecule has 3 rings (SSSR count). The lowest BCUT2D eigenvalue weighted by Gasteiger charge is -2.20. The second-order valence-corrected chi connectivity index (χ2v) is 6.65. The van der Waals surface area contributed by atoms with Crippen molar-refractivity contribution in [1.29, 1.82) is 0 Å². The zero-order valence-electron chi connectivity index (χ0n) is 15.8. The van der Waals surface area contributed by atoms with Crippen molar-refractivity contribution in [3.63, 3.8) is 0 Å². The topological polar surface area (TPSA) is 93.9 Å². The molecule has 2 aromatic rings. The highest BCUT2D eigenvalue weighted by molar-refractivity contribution is 5.95. The molecule has 8 nitrogen and oxygen atoms in total. The first kappa shape index (κ1) is 18.8. The van der Waals surface area contributed by atoms with Gasteiger partial charge < -0.3 is 19.5 Å². The van der Waals surface area contributed by atoms with Crippen molar-refractivity contribution >= 4 is 11.9 Å². The number of aliphatic carboxylic acids is 1. The maximum absolute atomic E-state index is 12.9. The number of benzene rings is 1. The molecule has 1 aromatic heterocycles. The van der Waals surface area contributed by atoms with Gasteiger partial charge in [-0.3, -0.25) is 14.3 Å². The lowest BCUT2D eigenvalue weighted by molar-refractivity contribution is -0.141. The number of carboxylic acids is 1. The molecule has 144 valence electrons. The fourth-order valence-electron chi connectivity index (χ4n) is 3.72. The summed E-state index contributed by atoms with van der Waals surface area (Å²) in [5.74, 6) is -1.24. The summed E-state index contributed by atoms with van der Waals surface area (Å²) in [5.41, 5.74) is 1.83. The Morgan fingerprint density at radius 3 is 2.52 bits per heavy atom. The van der Waals surface area contributed by atoms with Crippen LogP contribution in [0, 0.1) is 12.8 Å². The van der Waals surface area contributed by atoms with E-state index in [1.54, 1.807) is 41.9 Å². The van der Waals surface area contributed by atoms with E-state index >= 15 is 0 Å². The minimum Gasteiger partial charge on any atom is -0.493 e. The Bertz CT molecular complexity index is 876. The second kappa shape index (κ2) is 7.30. The number of methoxy groups -OCH3 is 2. The highest BCUT2D eigenvalue weighted by atomic mass is 16.5. The Morgan fingerprint density at radius 2 is 1.96 bits per heavy atom. The van der Waals surface area contributed by atoms with E-state index in [-0.39, 0.29) is 19.0 Å². The first-order chi connectivity index (χ1) is 12.9. The zero-order valence-corrected chi connectivity index (χ0v) is 15.8. The van der Waals surface area contributed by atoms with Gasteiger partial charge in [-0.15, -0.1) is 0 Å². The van der Waals surface area contributed by atoms with E-state index in [2.05, 4.69) is 5.10 Å². The molecule has 1 aliphatic heterocycles. The molecule has 1 aromatic carbocycles. The molecule has 0 bridgehead atoms. The van der Waals surface area contributed by atoms with Crippen LogP contribution in [0.15, 0.2) is 24.4 Å². The number of ether oxygens (including phenoxy) is 2. The van der Waals surface area contributed by atoms with Crippen molar-refractivity contribution < 1.29 is 24.2 Å². The number of carbonyl (C=O) groups is 2. The number of para-hydroxylation sites is 1. The van der Waals surface area contributed by atoms with E-state index in [4.69, 9.17) is 9.47 Å². The zero-order chi connectivity index (χ0) is 19.7. The van der Waals surface area contributed by atoms with E-state index in [1.165, 1.54) is 14.2 Å². The fraction of sp³-hybridized carbons (Fsp3) is 0.421. The molecule has 1 saturated heterocycles. The number of rotatable bonds is 5. The number of aryl methyl sites for hydroxylation is 2. The van der Waals surface area contributed by atoms with Gasteiger partial charge in [-0.1, -0.05) is 12.1 Å². The first-order valence-electron chi connectivity index (χ1n) is 8.60. The SMILES string of the molecule is COc1cccc([C@@H]2CN(C(=O)c3cn(C)nc3C)C[C@H]2C(=O)O)c1OC. The monoisotopic (exact) mass is 373 g/mol. The average molecular weight is 373 g/mol. The van der Waals surface area contributed by atoms with Gasteiger partial charge in [0.25, 0.3) is 5.91 Å². The average Bonchev–Trinajstić information content (AvgIpc) is 3.23. The third kappa shape index (κ3) is 3.34. The van der Waals surface area contributed by atoms with E-state index < -0.39 is 17.8 Å². The van der Waals surface area contributed by atoms with Crippen molar-refractivity contribution in [2.45, 2.75) is 12.8 Å². The molecular weight excluding hydrogens is 350 g/mol. The number of nitrogens with zero attached hydrogens (tertiary/aromatic N) is 3. The fourth-order valence-corrected chi connectivity index (χ4v) is 3.72. The maximum atomic E-state index is 12.9. The van der Waals surface area contributed by atoms with E-state index in [0.717, 1.165) is 5.56 Å². The van der Waals surface area contributed by atoms with Crippen LogP contribution in [-0.4, -0.2) is 59.0 Å². The maximum Gasteiger partial charge on any atom is 0.308 e. The summed E-state index contributed by atoms with van der Waals surface area (Å²) in [7, 11) is 4.80. The number of amides is 1. The smallest absolute Gasteiger partial charge is 0.308 e. The van der Waals surface area contributed by atoms with Gasteiger partial charge >= 0.3 is 5.97 Å². The molecule has 0 unspecified atom stereocenters. The van der Waals surface area contributed by atoms with Gasteiger partial charge in [-0.05, 0) is 13.0 Å². The molecule has 0 aliphatic carbocycles. The summed E-state index contributed by atoms with van der Waals surface area (Å²) in [4.78, 5) is 26.4. The Hall–Kier alpha value is -3.03. The minimum atomic E-state index is -0.942. The van der Waals surface area contributed by atoms with Gasteiger partial charge in [-0.25, -0.2) is 0 Å². The van der Waals surface area contributed by atoms with Crippen LogP contribution in [0.1, 0.15) is 27.5 Å². The van der Waals surface area contributed by atoms with Crippen LogP contribution in [0.3, 0.4) is 0 Å². The van der Waals surface area contributed by atoms with Crippen molar-refractivity contribution in [3.8, 4) is 11.5 Å². The summed E-state index contributed by atoms with van der Waals surface area (Å²) in [5, 5.41) is 13.9. The number of hydrogen-bond donors (Lipinski definition) is 1. The number of carboxylic acid groups (broad SMARTS) is 1. The first-order valence-corrected chi connectivity index (χ1v) is 8.60. The van der Waals surface area contributed by atoms with Crippen LogP contribution in [0.4, 0.5) is 0 Å². The molecular formula is C19H23N3O5. The number of carbonyl (C=O) groups excluding carboxylic acids is 1. The molecule has 2 atom stereocenters. The highest BCUT2D eigenvalue weighted by Gasteiger charge is 2.42. The van der Waals surface area contributed by atoms with Gasteiger partial charge in [0.15, 0.2) is 11.5 Å². The van der Waals surface area contributed by atoms with Gasteiger partial charge in [0.1, 0.15) is 0 Å². The van der Waals surface area contributed by atoms with Gasteiger partial charge in [-0.2, -0.15) is 5.10 Å². The van der Waals surface area contributed by atoms with E-state index in [9.17, 15) is 14.7 Å². The Labute approximate surface area is 157 Å². The van der Waals surface area contributed by atoms with Gasteiger partial charge in [0.2, 0.25) is 0 Å². The number of hydrogen-bond acceptors (Lipinski definition) is 5. The van der Waals surface area contributed by atoms with Crippen LogP contribution in [0.5, 0.6) is 11.5 Å². The van der Waals surface area contributed by atoms with E-state index in [1.807, 2.05) is 6.07 Å². The second-order valence-electron chi connectivity index (χ2n) is 6.65. The number of likely N-dealkylation sites (tertiary alicyclic amines) is 1. The molecule has 1 aliphatic rings. The van der Waals surface area contributed by atoms with E-state index in [0.29, 0.717) is 22.8 Å². The molecule has 0 spiro atoms. The predicted octanol–water partition coefficient (Wildman–Crippen LogP) is 1.69. The molecule has 0 radical (unpaired) electrons. The number of aromatic nitrogens is 2. The molecule has 1 N–H and O–H groups in total. The molecule has 27 heavy (non-hydrogen) atoms. The lowest BCUT2D eigenvalue weighted by Crippen LogP contribution is -2.30. The van der Waals surface area contributed by atoms with Crippen LogP contribution in [0.2, 0.25) is 0 Å². The summed E-state index contributed by atoms with van der Waals surface area (Å²) in [6.07, 6.45) is 1.66. The van der Waals surface area contributed by atoms with Crippen LogP contribution >= 0.6 is 0 Å². The Kier molecular flexibility index (Phi) is 5.07. The van der Waals surface area contributed by atoms with Crippen molar-refractivity contribution in [3.05, 3.63) is 41.2 Å². The molecule has 0 saturated carbocycles. The highest BCUT2D eigenvalue weighted by Crippen LogP contribution is 2.42. The Morgan fingerprint density at radius 1 is 1.22 bits per heavy atom. The summed E-state index contributed by atoms with van der Waals surface area (Å²) >= 11 is 0. The van der Waals surface area contributed by atoms with Crippen molar-refractivity contribution in [1.82, 2.24) is 14.7 Å². The lowest BCUT2D eigenvalue weighted by atomic mass is 9.88. The molecule has 2 heterocycles. The Balaban J connectivity index is 1.96. The van der Waals surface area contributed by atoms with Crippen LogP contribution in [-0.2, 0) is 11.8 Å². The van der Waals surface area contributed by atoms with Crippen LogP contribution in [0.25, 0.3) is 0 Å². The molecule has 1 fully saturated rings. The summed E-state index contributed by atoms with van der Waals surface area (Å²) in [6.45, 7) is 2.18. The van der Waals surface area contributed by atoms with Crippen molar-refractivity contribution in [2.75, 3.05) is 27.3 Å². The van der Waals surface area contributed by atoms with Gasteiger partial charge in [0.05, 0.1) is 31.4 Å². The third-order valence-corrected chi connectivity index (χ3v) is 5.00. The van der Waals surface area contributed by atoms with Crippen LogP contribution < -0.4 is 9.47 Å². The van der Waals surface area contributed by atoms with Gasteiger partial charge in [0, 0.05) is 37.8 Å². The summed E-state index contributed by atoms with van der Waals surface area (Å²) in [6, 6.07) is 5.38. The standard InChI is InChI=1S/C19H23N3O5/c1-11-13(8-21(2)20-11)18(23)22-9-14(15(10-22)19(24)25)12-6-5-7-16(26-3)17(12)27-4/h5-8,14-15H,9-10H2,1-4H3,(H,24,25)/t14-,15+/m0/s1. The van der Waals surface area contributed by atoms with Crippen molar-refractivity contribution in [2.24, 2.45) is 13.0 Å². The normalized spacial score (nSPS) is 19.2. The summed E-state index contributed by atoms with van der Waals surface area (Å²) < 4.78 is 12.4. The predicted molar refractivity (Wildman–Crippen MR) is 97.3 cm³/mol.